The van der Waals surface area contributed by atoms with E-state index in [-0.39, 0.29) is 57.4 Å². The molecule has 0 bridgehead atoms. The van der Waals surface area contributed by atoms with Gasteiger partial charge in [-0.15, -0.1) is 21.5 Å². The molecule has 0 spiro atoms. The first-order chi connectivity index (χ1) is 21.0. The summed E-state index contributed by atoms with van der Waals surface area (Å²) in [5, 5.41) is 10.8. The van der Waals surface area contributed by atoms with E-state index in [0.29, 0.717) is 22.6 Å². The van der Waals surface area contributed by atoms with Gasteiger partial charge >= 0.3 is 0 Å². The summed E-state index contributed by atoms with van der Waals surface area (Å²) in [6.07, 6.45) is 0.348. The Bertz CT molecular complexity index is 1850. The first-order valence-electron chi connectivity index (χ1n) is 13.4. The van der Waals surface area contributed by atoms with E-state index in [4.69, 9.17) is 14.9 Å². The van der Waals surface area contributed by atoms with Gasteiger partial charge in [-0.05, 0) is 66.4 Å². The van der Waals surface area contributed by atoms with E-state index in [9.17, 15) is 22.8 Å². The fourth-order valence-electron chi connectivity index (χ4n) is 4.45. The molecule has 226 valence electrons. The summed E-state index contributed by atoms with van der Waals surface area (Å²) >= 11 is 1.05. The maximum atomic E-state index is 13.6. The van der Waals surface area contributed by atoms with Crippen LogP contribution < -0.4 is 15.8 Å². The molecule has 0 radical (unpaired) electrons. The number of pyridine rings is 1. The maximum absolute atomic E-state index is 13.6. The van der Waals surface area contributed by atoms with Crippen LogP contribution in [0.5, 0.6) is 11.6 Å². The van der Waals surface area contributed by atoms with E-state index in [1.165, 1.54) is 30.3 Å². The second-order valence-corrected chi connectivity index (χ2v) is 11.3. The minimum absolute atomic E-state index is 0.00801. The van der Waals surface area contributed by atoms with Gasteiger partial charge in [0.2, 0.25) is 11.8 Å². The van der Waals surface area contributed by atoms with Crippen LogP contribution in [0.2, 0.25) is 0 Å². The van der Waals surface area contributed by atoms with Gasteiger partial charge < -0.3 is 20.2 Å². The molecule has 5 aromatic rings. The Morgan fingerprint density at radius 3 is 2.39 bits per heavy atom. The smallest absolute Gasteiger partial charge is 0.261 e. The lowest BCUT2D eigenvalue weighted by Gasteiger charge is -2.19. The number of halogens is 3. The Balaban J connectivity index is 1.64. The Morgan fingerprint density at radius 1 is 1.00 bits per heavy atom. The van der Waals surface area contributed by atoms with Crippen molar-refractivity contribution in [3.8, 4) is 33.5 Å². The molecule has 0 unspecified atom stereocenters. The van der Waals surface area contributed by atoms with Crippen molar-refractivity contribution in [2.75, 3.05) is 0 Å². The van der Waals surface area contributed by atoms with Gasteiger partial charge in [-0.3, -0.25) is 9.59 Å². The normalized spacial score (nSPS) is 11.2. The first-order valence-corrected chi connectivity index (χ1v) is 14.2. The number of aryl methyl sites for hydroxylation is 1. The predicted molar refractivity (Wildman–Crippen MR) is 157 cm³/mol. The van der Waals surface area contributed by atoms with Crippen LogP contribution in [0.4, 0.5) is 13.2 Å². The molecule has 5 rings (SSSR count). The topological polar surface area (TPSA) is 133 Å². The third kappa shape index (κ3) is 6.62. The van der Waals surface area contributed by atoms with Crippen molar-refractivity contribution in [1.82, 2.24) is 20.5 Å². The molecule has 2 amide bonds. The van der Waals surface area contributed by atoms with E-state index in [1.807, 2.05) is 13.8 Å². The van der Waals surface area contributed by atoms with E-state index in [0.717, 1.165) is 23.5 Å². The zero-order valence-electron chi connectivity index (χ0n) is 23.8. The number of rotatable bonds is 10. The number of benzene rings is 2. The van der Waals surface area contributed by atoms with Crippen LogP contribution in [0.25, 0.3) is 21.9 Å². The summed E-state index contributed by atoms with van der Waals surface area (Å²) in [7, 11) is 0. The summed E-state index contributed by atoms with van der Waals surface area (Å²) in [6.45, 7) is 5.43. The monoisotopic (exact) mass is 621 g/mol. The fraction of sp³-hybridized carbons (Fsp3) is 0.194. The molecule has 0 fully saturated rings. The van der Waals surface area contributed by atoms with Gasteiger partial charge in [0.15, 0.2) is 11.6 Å². The molecule has 0 atom stereocenters. The van der Waals surface area contributed by atoms with E-state index < -0.39 is 29.3 Å². The lowest BCUT2D eigenvalue weighted by Crippen LogP contribution is -2.21. The molecule has 3 aromatic heterocycles. The number of aromatic nitrogens is 3. The molecule has 0 saturated carbocycles. The maximum Gasteiger partial charge on any atom is 0.261 e. The van der Waals surface area contributed by atoms with Crippen LogP contribution in [0.3, 0.4) is 0 Å². The number of carbonyl (C=O) groups excluding carboxylic acids is 2. The molecule has 2 aromatic carbocycles. The summed E-state index contributed by atoms with van der Waals surface area (Å²) in [4.78, 5) is 31.5. The average molecular weight is 622 g/mol. The van der Waals surface area contributed by atoms with Gasteiger partial charge in [-0.2, -0.15) is 0 Å². The van der Waals surface area contributed by atoms with Crippen molar-refractivity contribution in [2.45, 2.75) is 33.7 Å². The van der Waals surface area contributed by atoms with Crippen molar-refractivity contribution >= 4 is 23.2 Å². The largest absolute Gasteiger partial charge is 0.438 e. The lowest BCUT2D eigenvalue weighted by molar-refractivity contribution is 0.0953. The van der Waals surface area contributed by atoms with Gasteiger partial charge in [0.05, 0.1) is 16.1 Å². The molecule has 13 heteroatoms. The van der Waals surface area contributed by atoms with E-state index >= 15 is 0 Å². The Labute approximate surface area is 253 Å². The van der Waals surface area contributed by atoms with Crippen molar-refractivity contribution in [1.29, 1.82) is 0 Å². The molecular formula is C31H26F3N5O4S. The highest BCUT2D eigenvalue weighted by atomic mass is 32.1. The Kier molecular flexibility index (Phi) is 8.76. The van der Waals surface area contributed by atoms with Crippen molar-refractivity contribution in [3.63, 3.8) is 0 Å². The van der Waals surface area contributed by atoms with Crippen LogP contribution in [0, 0.1) is 30.3 Å². The molecular weight excluding hydrogens is 595 g/mol. The first kappa shape index (κ1) is 30.4. The van der Waals surface area contributed by atoms with Gasteiger partial charge in [-0.25, -0.2) is 18.2 Å². The summed E-state index contributed by atoms with van der Waals surface area (Å²) < 4.78 is 52.4. The molecule has 9 nitrogen and oxygen atoms in total. The molecule has 44 heavy (non-hydrogen) atoms. The van der Waals surface area contributed by atoms with Crippen LogP contribution in [0.1, 0.15) is 51.0 Å². The fourth-order valence-corrected chi connectivity index (χ4v) is 5.43. The summed E-state index contributed by atoms with van der Waals surface area (Å²) in [5.74, 6) is -3.19. The van der Waals surface area contributed by atoms with Gasteiger partial charge in [0.1, 0.15) is 17.1 Å². The van der Waals surface area contributed by atoms with Crippen LogP contribution in [-0.4, -0.2) is 27.0 Å². The quantitative estimate of drug-likeness (QED) is 0.179. The molecule has 3 heterocycles. The minimum Gasteiger partial charge on any atom is -0.438 e. The van der Waals surface area contributed by atoms with Crippen molar-refractivity contribution < 1.29 is 31.9 Å². The summed E-state index contributed by atoms with van der Waals surface area (Å²) in [5.41, 5.74) is 7.18. The highest BCUT2D eigenvalue weighted by Gasteiger charge is 2.30. The highest BCUT2D eigenvalue weighted by molar-refractivity contribution is 7.17. The number of nitrogens with two attached hydrogens (primary N) is 1. The molecule has 3 N–H and O–H groups in total. The van der Waals surface area contributed by atoms with E-state index in [2.05, 4.69) is 20.5 Å². The number of thiophene rings is 1. The predicted octanol–water partition coefficient (Wildman–Crippen LogP) is 6.61. The van der Waals surface area contributed by atoms with Crippen LogP contribution >= 0.6 is 11.3 Å². The van der Waals surface area contributed by atoms with Crippen LogP contribution in [0.15, 0.2) is 59.0 Å². The zero-order valence-corrected chi connectivity index (χ0v) is 24.6. The molecule has 0 aliphatic heterocycles. The zero-order chi connectivity index (χ0) is 31.5. The Hall–Kier alpha value is -5.04. The van der Waals surface area contributed by atoms with Crippen LogP contribution in [-0.2, 0) is 13.0 Å². The number of hydrogen-bond acceptors (Lipinski definition) is 8. The number of nitrogens with one attached hydrogen (secondary N) is 1. The average Bonchev–Trinajstić information content (AvgIpc) is 3.63. The van der Waals surface area contributed by atoms with Crippen molar-refractivity contribution in [2.24, 2.45) is 11.7 Å². The van der Waals surface area contributed by atoms with Gasteiger partial charge in [0, 0.05) is 23.9 Å². The molecule has 0 aliphatic rings. The van der Waals surface area contributed by atoms with Gasteiger partial charge in [0.25, 0.3) is 17.7 Å². The second-order valence-electron chi connectivity index (χ2n) is 10.2. The third-order valence-corrected chi connectivity index (χ3v) is 7.47. The number of nitrogens with zero attached hydrogens (tertiary/aromatic N) is 3. The minimum atomic E-state index is -1.02. The molecule has 0 aliphatic carbocycles. The third-order valence-electron chi connectivity index (χ3n) is 6.37. The summed E-state index contributed by atoms with van der Waals surface area (Å²) in [6, 6.07) is 11.8. The Morgan fingerprint density at radius 2 is 1.75 bits per heavy atom. The number of primary amides is 1. The molecule has 0 saturated heterocycles. The standard InChI is InChI=1S/C31H26F3N5O4S/c1-15(2)12-22-25(28(35)40)26(23-10-11-24(44-23)29(41)36-14-17-4-9-20(33)21(34)13-17)27(31-39-38-16(3)42-31)30(37-22)43-19-7-5-18(32)6-8-19/h4-11,13,15H,12,14H2,1-3H3,(H2,35,40)(H,36,41). The SMILES string of the molecule is Cc1nnc(-c2c(Oc3ccc(F)cc3)nc(CC(C)C)c(C(N)=O)c2-c2ccc(C(=O)NCc3ccc(F)c(F)c3)s2)o1. The van der Waals surface area contributed by atoms with Crippen molar-refractivity contribution in [3.05, 3.63) is 99.6 Å². The number of carbonyl (C=O) groups is 2. The van der Waals surface area contributed by atoms with Gasteiger partial charge in [-0.1, -0.05) is 19.9 Å². The number of amides is 2. The lowest BCUT2D eigenvalue weighted by atomic mass is 9.94. The number of hydrogen-bond donors (Lipinski definition) is 2. The van der Waals surface area contributed by atoms with E-state index in [1.54, 1.807) is 19.1 Å². The highest BCUT2D eigenvalue weighted by Crippen LogP contribution is 2.45. The second kappa shape index (κ2) is 12.7. The number of ether oxygens (including phenoxy) is 1.